The van der Waals surface area contributed by atoms with Crippen LogP contribution in [-0.4, -0.2) is 35.0 Å². The Balaban J connectivity index is 2.14. The molecule has 9 nitrogen and oxygen atoms in total. The van der Waals surface area contributed by atoms with Crippen molar-refractivity contribution >= 4 is 56.3 Å². The van der Waals surface area contributed by atoms with Crippen LogP contribution < -0.4 is 10.1 Å². The number of rotatable bonds is 6. The van der Waals surface area contributed by atoms with E-state index >= 15 is 0 Å². The van der Waals surface area contributed by atoms with E-state index in [9.17, 15) is 19.7 Å². The Morgan fingerprint density at radius 1 is 1.30 bits per heavy atom. The fraction of sp³-hybridized carbons (Fsp3) is 0.211. The minimum Gasteiger partial charge on any atom is -0.383 e. The first-order valence-corrected chi connectivity index (χ1v) is 9.92. The highest BCUT2D eigenvalue weighted by atomic mass is 35.5. The molecule has 0 radical (unpaired) electrons. The molecule has 0 saturated heterocycles. The number of nitro groups is 1. The molecule has 0 aliphatic heterocycles. The summed E-state index contributed by atoms with van der Waals surface area (Å²) in [6.45, 7) is 2.20. The van der Waals surface area contributed by atoms with Gasteiger partial charge in [0.05, 0.1) is 21.7 Å². The summed E-state index contributed by atoms with van der Waals surface area (Å²) in [5.41, 5.74) is 0.838. The zero-order chi connectivity index (χ0) is 21.8. The number of anilines is 1. The minimum atomic E-state index is -0.774. The quantitative estimate of drug-likeness (QED) is 0.456. The Morgan fingerprint density at radius 2 is 2.07 bits per heavy atom. The molecular weight excluding hydrogens is 432 g/mol. The molecule has 30 heavy (non-hydrogen) atoms. The largest absolute Gasteiger partial charge is 0.383 e. The predicted octanol–water partition coefficient (Wildman–Crippen LogP) is 3.61. The van der Waals surface area contributed by atoms with Crippen molar-refractivity contribution in [2.24, 2.45) is 4.99 Å². The number of aromatic nitrogens is 1. The molecule has 3 aromatic rings. The third-order valence-corrected chi connectivity index (χ3v) is 5.38. The molecule has 0 fully saturated rings. The van der Waals surface area contributed by atoms with Crippen LogP contribution in [0.3, 0.4) is 0 Å². The topological polar surface area (TPSA) is 116 Å². The van der Waals surface area contributed by atoms with E-state index in [4.69, 9.17) is 16.3 Å². The molecular formula is C19H17ClN4O5S. The van der Waals surface area contributed by atoms with Gasteiger partial charge in [-0.05, 0) is 30.3 Å². The smallest absolute Gasteiger partial charge is 0.286 e. The van der Waals surface area contributed by atoms with Crippen LogP contribution in [0.4, 0.5) is 11.4 Å². The van der Waals surface area contributed by atoms with Crippen LogP contribution in [0.2, 0.25) is 5.02 Å². The SMILES string of the molecule is COCCn1c(=NC(=O)c2cc(Cl)ccc2[N+](=O)[O-])sc2cc(NC(C)=O)ccc21. The number of fused-ring (bicyclic) bond motifs is 1. The molecule has 0 aliphatic carbocycles. The molecule has 3 rings (SSSR count). The number of nitro benzene ring substituents is 1. The maximum absolute atomic E-state index is 12.8. The molecule has 1 aromatic heterocycles. The van der Waals surface area contributed by atoms with Gasteiger partial charge >= 0.3 is 0 Å². The van der Waals surface area contributed by atoms with E-state index in [0.717, 1.165) is 10.2 Å². The van der Waals surface area contributed by atoms with Gasteiger partial charge in [0, 0.05) is 37.4 Å². The lowest BCUT2D eigenvalue weighted by Gasteiger charge is -2.06. The van der Waals surface area contributed by atoms with Gasteiger partial charge in [0.2, 0.25) is 5.91 Å². The summed E-state index contributed by atoms with van der Waals surface area (Å²) >= 11 is 7.14. The molecule has 156 valence electrons. The second kappa shape index (κ2) is 9.16. The number of amides is 2. The van der Waals surface area contributed by atoms with Crippen molar-refractivity contribution in [3.63, 3.8) is 0 Å². The number of carbonyl (C=O) groups is 2. The van der Waals surface area contributed by atoms with Crippen molar-refractivity contribution in [1.82, 2.24) is 4.57 Å². The molecule has 11 heteroatoms. The molecule has 1 heterocycles. The number of halogens is 1. The van der Waals surface area contributed by atoms with E-state index in [1.165, 1.54) is 36.5 Å². The molecule has 2 amide bonds. The van der Waals surface area contributed by atoms with Crippen LogP contribution in [0.5, 0.6) is 0 Å². The van der Waals surface area contributed by atoms with Gasteiger partial charge < -0.3 is 14.6 Å². The van der Waals surface area contributed by atoms with Crippen molar-refractivity contribution in [1.29, 1.82) is 0 Å². The lowest BCUT2D eigenvalue weighted by molar-refractivity contribution is -0.385. The average Bonchev–Trinajstić information content (AvgIpc) is 3.01. The van der Waals surface area contributed by atoms with Crippen LogP contribution in [0.25, 0.3) is 10.2 Å². The van der Waals surface area contributed by atoms with E-state index in [1.54, 1.807) is 29.9 Å². The number of hydrogen-bond acceptors (Lipinski definition) is 6. The first-order chi connectivity index (χ1) is 14.3. The number of methoxy groups -OCH3 is 1. The summed E-state index contributed by atoms with van der Waals surface area (Å²) in [6, 6.07) is 9.07. The Bertz CT molecular complexity index is 1220. The summed E-state index contributed by atoms with van der Waals surface area (Å²) < 4.78 is 7.71. The van der Waals surface area contributed by atoms with Crippen LogP contribution in [-0.2, 0) is 16.1 Å². The minimum absolute atomic E-state index is 0.192. The number of nitrogens with one attached hydrogen (secondary N) is 1. The number of nitrogens with zero attached hydrogens (tertiary/aromatic N) is 3. The van der Waals surface area contributed by atoms with E-state index < -0.39 is 10.8 Å². The lowest BCUT2D eigenvalue weighted by Crippen LogP contribution is -2.19. The molecule has 0 bridgehead atoms. The van der Waals surface area contributed by atoms with E-state index in [0.29, 0.717) is 23.6 Å². The summed E-state index contributed by atoms with van der Waals surface area (Å²) in [4.78, 5) is 39.2. The van der Waals surface area contributed by atoms with Crippen LogP contribution in [0.1, 0.15) is 17.3 Å². The number of carbonyl (C=O) groups excluding carboxylic acids is 2. The Labute approximate surface area is 179 Å². The molecule has 2 aromatic carbocycles. The second-order valence-corrected chi connectivity index (χ2v) is 7.67. The number of hydrogen-bond donors (Lipinski definition) is 1. The molecule has 0 spiro atoms. The van der Waals surface area contributed by atoms with E-state index in [-0.39, 0.29) is 22.2 Å². The van der Waals surface area contributed by atoms with Crippen molar-refractivity contribution in [2.45, 2.75) is 13.5 Å². The van der Waals surface area contributed by atoms with Crippen LogP contribution in [0, 0.1) is 10.1 Å². The van der Waals surface area contributed by atoms with Crippen molar-refractivity contribution in [2.75, 3.05) is 19.0 Å². The lowest BCUT2D eigenvalue weighted by atomic mass is 10.2. The Hall–Kier alpha value is -3.08. The standard InChI is InChI=1S/C19H17ClN4O5S/c1-11(25)21-13-4-6-16-17(10-13)30-19(23(16)7-8-29-2)22-18(26)14-9-12(20)3-5-15(14)24(27)28/h3-6,9-10H,7-8H2,1-2H3,(H,21,25). The maximum Gasteiger partial charge on any atom is 0.286 e. The molecule has 0 atom stereocenters. The zero-order valence-corrected chi connectivity index (χ0v) is 17.6. The highest BCUT2D eigenvalue weighted by Gasteiger charge is 2.21. The summed E-state index contributed by atoms with van der Waals surface area (Å²) in [5, 5.41) is 14.2. The predicted molar refractivity (Wildman–Crippen MR) is 114 cm³/mol. The van der Waals surface area contributed by atoms with E-state index in [1.807, 2.05) is 0 Å². The monoisotopic (exact) mass is 448 g/mol. The fourth-order valence-corrected chi connectivity index (χ4v) is 4.09. The number of thiazole rings is 1. The summed E-state index contributed by atoms with van der Waals surface area (Å²) in [7, 11) is 1.56. The van der Waals surface area contributed by atoms with Gasteiger partial charge in [0.15, 0.2) is 4.80 Å². The molecule has 0 aliphatic rings. The first kappa shape index (κ1) is 21.6. The van der Waals surface area contributed by atoms with Gasteiger partial charge in [-0.1, -0.05) is 22.9 Å². The van der Waals surface area contributed by atoms with Crippen LogP contribution in [0.15, 0.2) is 41.4 Å². The van der Waals surface area contributed by atoms with Crippen LogP contribution >= 0.6 is 22.9 Å². The molecule has 0 saturated carbocycles. The number of ether oxygens (including phenoxy) is 1. The summed E-state index contributed by atoms with van der Waals surface area (Å²) in [5.74, 6) is -0.976. The highest BCUT2D eigenvalue weighted by molar-refractivity contribution is 7.16. The van der Waals surface area contributed by atoms with Crippen molar-refractivity contribution in [3.8, 4) is 0 Å². The molecule has 0 unspecified atom stereocenters. The van der Waals surface area contributed by atoms with Gasteiger partial charge in [0.25, 0.3) is 11.6 Å². The van der Waals surface area contributed by atoms with Crippen molar-refractivity contribution in [3.05, 3.63) is 61.9 Å². The van der Waals surface area contributed by atoms with Gasteiger partial charge in [-0.15, -0.1) is 0 Å². The first-order valence-electron chi connectivity index (χ1n) is 8.73. The van der Waals surface area contributed by atoms with Gasteiger partial charge in [-0.25, -0.2) is 0 Å². The normalized spacial score (nSPS) is 11.6. The van der Waals surface area contributed by atoms with Gasteiger partial charge in [-0.2, -0.15) is 4.99 Å². The third-order valence-electron chi connectivity index (χ3n) is 4.11. The summed E-state index contributed by atoms with van der Waals surface area (Å²) in [6.07, 6.45) is 0. The fourth-order valence-electron chi connectivity index (χ4n) is 2.82. The molecule has 1 N–H and O–H groups in total. The highest BCUT2D eigenvalue weighted by Crippen LogP contribution is 2.25. The van der Waals surface area contributed by atoms with Gasteiger partial charge in [0.1, 0.15) is 5.56 Å². The maximum atomic E-state index is 12.8. The number of benzene rings is 2. The Morgan fingerprint density at radius 3 is 2.73 bits per heavy atom. The third kappa shape index (κ3) is 4.73. The average molecular weight is 449 g/mol. The second-order valence-electron chi connectivity index (χ2n) is 6.23. The van der Waals surface area contributed by atoms with Crippen molar-refractivity contribution < 1.29 is 19.2 Å². The Kier molecular flexibility index (Phi) is 6.60. The zero-order valence-electron chi connectivity index (χ0n) is 16.0. The van der Waals surface area contributed by atoms with E-state index in [2.05, 4.69) is 10.3 Å². The van der Waals surface area contributed by atoms with Gasteiger partial charge in [-0.3, -0.25) is 19.7 Å².